The minimum Gasteiger partial charge on any atom is -0.462 e. The van der Waals surface area contributed by atoms with Crippen LogP contribution in [-0.4, -0.2) is 18.6 Å². The lowest BCUT2D eigenvalue weighted by molar-refractivity contribution is 0.0526. The van der Waals surface area contributed by atoms with E-state index in [-0.39, 0.29) is 5.97 Å². The van der Waals surface area contributed by atoms with Crippen LogP contribution in [0.1, 0.15) is 49.9 Å². The van der Waals surface area contributed by atoms with E-state index in [0.717, 1.165) is 18.0 Å². The summed E-state index contributed by atoms with van der Waals surface area (Å²) in [4.78, 5) is 11.8. The summed E-state index contributed by atoms with van der Waals surface area (Å²) < 4.78 is 5.02. The molecule has 0 spiro atoms. The van der Waals surface area contributed by atoms with E-state index in [1.807, 2.05) is 0 Å². The standard InChI is InChI=1S/C16H24N2O2/c1-3-13(9-11-5-6-11)18-15-10-12(7-8-14(15)17)16(19)20-4-2/h7-8,10-11,13,18H,3-6,9,17H2,1-2H3. The highest BCUT2D eigenvalue weighted by atomic mass is 16.5. The fourth-order valence-corrected chi connectivity index (χ4v) is 2.33. The zero-order valence-corrected chi connectivity index (χ0v) is 12.3. The molecule has 1 fully saturated rings. The van der Waals surface area contributed by atoms with Crippen molar-refractivity contribution < 1.29 is 9.53 Å². The quantitative estimate of drug-likeness (QED) is 0.591. The monoisotopic (exact) mass is 276 g/mol. The molecule has 1 aliphatic carbocycles. The van der Waals surface area contributed by atoms with Crippen molar-refractivity contribution >= 4 is 17.3 Å². The van der Waals surface area contributed by atoms with Gasteiger partial charge in [0.25, 0.3) is 0 Å². The second-order valence-corrected chi connectivity index (χ2v) is 5.45. The molecule has 0 radical (unpaired) electrons. The summed E-state index contributed by atoms with van der Waals surface area (Å²) in [5.74, 6) is 0.563. The molecule has 1 atom stereocenters. The molecule has 1 unspecified atom stereocenters. The van der Waals surface area contributed by atoms with Gasteiger partial charge in [-0.2, -0.15) is 0 Å². The van der Waals surface area contributed by atoms with Crippen LogP contribution in [0.15, 0.2) is 18.2 Å². The van der Waals surface area contributed by atoms with Crippen LogP contribution in [0.2, 0.25) is 0 Å². The van der Waals surface area contributed by atoms with Gasteiger partial charge in [0.1, 0.15) is 0 Å². The Bertz CT molecular complexity index is 470. The third kappa shape index (κ3) is 3.89. The van der Waals surface area contributed by atoms with Gasteiger partial charge in [-0.3, -0.25) is 0 Å². The van der Waals surface area contributed by atoms with Crippen molar-refractivity contribution in [2.45, 2.75) is 45.6 Å². The molecule has 20 heavy (non-hydrogen) atoms. The maximum absolute atomic E-state index is 11.8. The SMILES string of the molecule is CCOC(=O)c1ccc(N)c(NC(CC)CC2CC2)c1. The van der Waals surface area contributed by atoms with E-state index in [9.17, 15) is 4.79 Å². The molecule has 110 valence electrons. The molecule has 1 aromatic rings. The summed E-state index contributed by atoms with van der Waals surface area (Å²) in [6.45, 7) is 4.35. The van der Waals surface area contributed by atoms with Crippen LogP contribution in [0.4, 0.5) is 11.4 Å². The second-order valence-electron chi connectivity index (χ2n) is 5.45. The Labute approximate surface area is 120 Å². The van der Waals surface area contributed by atoms with Crippen LogP contribution in [-0.2, 0) is 4.74 Å². The number of hydrogen-bond donors (Lipinski definition) is 2. The molecule has 4 nitrogen and oxygen atoms in total. The van der Waals surface area contributed by atoms with Crippen LogP contribution in [0, 0.1) is 5.92 Å². The summed E-state index contributed by atoms with van der Waals surface area (Å²) in [6, 6.07) is 5.68. The lowest BCUT2D eigenvalue weighted by Crippen LogP contribution is -2.20. The fourth-order valence-electron chi connectivity index (χ4n) is 2.33. The lowest BCUT2D eigenvalue weighted by atomic mass is 10.1. The van der Waals surface area contributed by atoms with Gasteiger partial charge in [0, 0.05) is 6.04 Å². The number of rotatable bonds is 7. The average molecular weight is 276 g/mol. The van der Waals surface area contributed by atoms with Crippen LogP contribution in [0.5, 0.6) is 0 Å². The molecule has 2 rings (SSSR count). The minimum absolute atomic E-state index is 0.300. The van der Waals surface area contributed by atoms with Crippen molar-refractivity contribution in [2.24, 2.45) is 5.92 Å². The third-order valence-electron chi connectivity index (χ3n) is 3.73. The van der Waals surface area contributed by atoms with E-state index in [4.69, 9.17) is 10.5 Å². The highest BCUT2D eigenvalue weighted by Gasteiger charge is 2.25. The van der Waals surface area contributed by atoms with Crippen molar-refractivity contribution in [1.29, 1.82) is 0 Å². The first-order valence-corrected chi connectivity index (χ1v) is 7.47. The highest BCUT2D eigenvalue weighted by molar-refractivity contribution is 5.92. The third-order valence-corrected chi connectivity index (χ3v) is 3.73. The molecule has 0 saturated heterocycles. The molecule has 1 aliphatic rings. The van der Waals surface area contributed by atoms with Crippen molar-refractivity contribution in [2.75, 3.05) is 17.7 Å². The van der Waals surface area contributed by atoms with Crippen LogP contribution < -0.4 is 11.1 Å². The maximum atomic E-state index is 11.8. The van der Waals surface area contributed by atoms with Crippen LogP contribution in [0.3, 0.4) is 0 Å². The predicted octanol–water partition coefficient (Wildman–Crippen LogP) is 3.44. The molecule has 0 aromatic heterocycles. The number of nitrogen functional groups attached to an aromatic ring is 1. The largest absolute Gasteiger partial charge is 0.462 e. The minimum atomic E-state index is -0.300. The number of carbonyl (C=O) groups excluding carboxylic acids is 1. The molecular formula is C16H24N2O2. The summed E-state index contributed by atoms with van der Waals surface area (Å²) in [6.07, 6.45) is 4.92. The molecular weight excluding hydrogens is 252 g/mol. The van der Waals surface area contributed by atoms with Crippen molar-refractivity contribution in [1.82, 2.24) is 0 Å². The van der Waals surface area contributed by atoms with E-state index in [0.29, 0.717) is 23.9 Å². The first-order chi connectivity index (χ1) is 9.63. The lowest BCUT2D eigenvalue weighted by Gasteiger charge is -2.20. The number of benzene rings is 1. The van der Waals surface area contributed by atoms with E-state index in [1.165, 1.54) is 19.3 Å². The molecule has 1 saturated carbocycles. The number of ether oxygens (including phenoxy) is 1. The zero-order valence-electron chi connectivity index (χ0n) is 12.3. The molecule has 1 aromatic carbocycles. The smallest absolute Gasteiger partial charge is 0.338 e. The van der Waals surface area contributed by atoms with Crippen molar-refractivity contribution in [3.63, 3.8) is 0 Å². The Morgan fingerprint density at radius 1 is 1.45 bits per heavy atom. The van der Waals surface area contributed by atoms with Gasteiger partial charge in [-0.05, 0) is 43.9 Å². The number of hydrogen-bond acceptors (Lipinski definition) is 4. The Hall–Kier alpha value is -1.71. The second kappa shape index (κ2) is 6.64. The number of nitrogens with one attached hydrogen (secondary N) is 1. The normalized spacial score (nSPS) is 15.7. The first kappa shape index (κ1) is 14.7. The number of carbonyl (C=O) groups is 1. The first-order valence-electron chi connectivity index (χ1n) is 7.47. The zero-order chi connectivity index (χ0) is 14.5. The van der Waals surface area contributed by atoms with Crippen molar-refractivity contribution in [3.05, 3.63) is 23.8 Å². The van der Waals surface area contributed by atoms with Gasteiger partial charge in [0.15, 0.2) is 0 Å². The van der Waals surface area contributed by atoms with E-state index in [1.54, 1.807) is 25.1 Å². The summed E-state index contributed by atoms with van der Waals surface area (Å²) in [5.41, 5.74) is 8.05. The van der Waals surface area contributed by atoms with Gasteiger partial charge in [0.2, 0.25) is 0 Å². The predicted molar refractivity (Wildman–Crippen MR) is 81.9 cm³/mol. The maximum Gasteiger partial charge on any atom is 0.338 e. The van der Waals surface area contributed by atoms with E-state index in [2.05, 4.69) is 12.2 Å². The van der Waals surface area contributed by atoms with Gasteiger partial charge in [-0.25, -0.2) is 4.79 Å². The molecule has 0 amide bonds. The van der Waals surface area contributed by atoms with Crippen LogP contribution in [0.25, 0.3) is 0 Å². The fraction of sp³-hybridized carbons (Fsp3) is 0.562. The van der Waals surface area contributed by atoms with E-state index < -0.39 is 0 Å². The molecule has 0 aliphatic heterocycles. The van der Waals surface area contributed by atoms with E-state index >= 15 is 0 Å². The summed E-state index contributed by atoms with van der Waals surface area (Å²) in [5, 5.41) is 3.47. The summed E-state index contributed by atoms with van der Waals surface area (Å²) in [7, 11) is 0. The molecule has 0 heterocycles. The topological polar surface area (TPSA) is 64.3 Å². The Kier molecular flexibility index (Phi) is 4.88. The Morgan fingerprint density at radius 2 is 2.20 bits per heavy atom. The highest BCUT2D eigenvalue weighted by Crippen LogP contribution is 2.35. The summed E-state index contributed by atoms with van der Waals surface area (Å²) >= 11 is 0. The van der Waals surface area contributed by atoms with Gasteiger partial charge < -0.3 is 15.8 Å². The molecule has 3 N–H and O–H groups in total. The van der Waals surface area contributed by atoms with Gasteiger partial charge >= 0.3 is 5.97 Å². The average Bonchev–Trinajstić information content (AvgIpc) is 3.24. The van der Waals surface area contributed by atoms with Gasteiger partial charge in [-0.1, -0.05) is 19.8 Å². The number of nitrogens with two attached hydrogens (primary N) is 1. The Balaban J connectivity index is 2.08. The Morgan fingerprint density at radius 3 is 2.80 bits per heavy atom. The number of esters is 1. The molecule has 0 bridgehead atoms. The van der Waals surface area contributed by atoms with Gasteiger partial charge in [0.05, 0.1) is 23.5 Å². The number of anilines is 2. The van der Waals surface area contributed by atoms with Crippen molar-refractivity contribution in [3.8, 4) is 0 Å². The van der Waals surface area contributed by atoms with Gasteiger partial charge in [-0.15, -0.1) is 0 Å². The molecule has 4 heteroatoms. The van der Waals surface area contributed by atoms with Crippen LogP contribution >= 0.6 is 0 Å².